The molecule has 0 unspecified atom stereocenters. The number of anilines is 2. The number of aliphatic hydroxyl groups is 1. The van der Waals surface area contributed by atoms with Gasteiger partial charge in [-0.3, -0.25) is 4.90 Å². The van der Waals surface area contributed by atoms with E-state index in [1.54, 1.807) is 21.7 Å². The average molecular weight is 619 g/mol. The number of β-amino-alcohol motifs (C(OH)–C–C–N with tert-alkyl or cyclic N) is 1. The molecular weight excluding hydrogens is 576 g/mol. The van der Waals surface area contributed by atoms with Crippen LogP contribution in [0.4, 0.5) is 21.2 Å². The van der Waals surface area contributed by atoms with Gasteiger partial charge in [-0.05, 0) is 58.1 Å². The summed E-state index contributed by atoms with van der Waals surface area (Å²) in [5, 5.41) is 28.1. The normalized spacial score (nSPS) is 19.0. The van der Waals surface area contributed by atoms with Crippen molar-refractivity contribution in [2.75, 3.05) is 29.9 Å². The monoisotopic (exact) mass is 618 g/mol. The first kappa shape index (κ1) is 30.6. The number of carbonyl (C=O) groups excluding carboxylic acids is 1. The van der Waals surface area contributed by atoms with E-state index in [1.165, 1.54) is 4.90 Å². The molecule has 13 nitrogen and oxygen atoms in total. The lowest BCUT2D eigenvalue weighted by molar-refractivity contribution is 0.0294. The Morgan fingerprint density at radius 2 is 1.96 bits per heavy atom. The van der Waals surface area contributed by atoms with Crippen molar-refractivity contribution in [3.05, 3.63) is 53.6 Å². The highest BCUT2D eigenvalue weighted by atomic mass is 16.6. The number of pyridine rings is 1. The number of fused-ring (bicyclic) bond motifs is 2. The summed E-state index contributed by atoms with van der Waals surface area (Å²) in [6, 6.07) is 7.69. The standard InChI is InChI=1S/C32H42N8O5/c1-19(2)22-16-34-40-27(14-25(36-29(22)40)33-15-21-11-13-37(30(42)43)18-24(21)41)39(31(44)45-32(3,4)5)17-23-28(20-9-10-20)38-12-7-6-8-26(38)35-23/h6-8,12,14,16,19-21,24,41H,9-11,13,15,17-18H2,1-5H3,(H,33,36)(H,42,43)/t21-,24+/m1/s1. The van der Waals surface area contributed by atoms with Gasteiger partial charge in [0.15, 0.2) is 5.65 Å². The molecule has 1 aliphatic heterocycles. The molecule has 1 saturated carbocycles. The number of hydrogen-bond acceptors (Lipinski definition) is 8. The van der Waals surface area contributed by atoms with Crippen LogP contribution in [0.25, 0.3) is 11.3 Å². The summed E-state index contributed by atoms with van der Waals surface area (Å²) in [6.07, 6.45) is 4.09. The minimum absolute atomic E-state index is 0.0638. The van der Waals surface area contributed by atoms with Crippen LogP contribution < -0.4 is 10.2 Å². The zero-order valence-electron chi connectivity index (χ0n) is 26.5. The van der Waals surface area contributed by atoms with Gasteiger partial charge in [0.2, 0.25) is 0 Å². The molecule has 13 heteroatoms. The highest BCUT2D eigenvalue weighted by Gasteiger charge is 2.34. The number of rotatable bonds is 8. The Kier molecular flexibility index (Phi) is 8.06. The second-order valence-corrected chi connectivity index (χ2v) is 13.4. The summed E-state index contributed by atoms with van der Waals surface area (Å²) in [6.45, 7) is 10.6. The van der Waals surface area contributed by atoms with Crippen LogP contribution in [0.1, 0.15) is 82.7 Å². The molecule has 4 aromatic heterocycles. The fourth-order valence-corrected chi connectivity index (χ4v) is 5.96. The van der Waals surface area contributed by atoms with Gasteiger partial charge in [0.25, 0.3) is 0 Å². The molecule has 2 amide bonds. The molecule has 0 bridgehead atoms. The second-order valence-electron chi connectivity index (χ2n) is 13.4. The number of aliphatic hydroxyl groups excluding tert-OH is 1. The number of imidazole rings is 1. The maximum absolute atomic E-state index is 14.0. The molecule has 45 heavy (non-hydrogen) atoms. The minimum Gasteiger partial charge on any atom is -0.465 e. The first-order valence-corrected chi connectivity index (χ1v) is 15.6. The summed E-state index contributed by atoms with van der Waals surface area (Å²) in [4.78, 5) is 38.1. The van der Waals surface area contributed by atoms with E-state index < -0.39 is 23.9 Å². The fraction of sp³-hybridized carbons (Fsp3) is 0.531. The van der Waals surface area contributed by atoms with Crippen molar-refractivity contribution >= 4 is 35.1 Å². The molecule has 240 valence electrons. The lowest BCUT2D eigenvalue weighted by Gasteiger charge is -2.34. The van der Waals surface area contributed by atoms with Crippen molar-refractivity contribution in [3.63, 3.8) is 0 Å². The van der Waals surface area contributed by atoms with Gasteiger partial charge < -0.3 is 29.6 Å². The molecule has 3 N–H and O–H groups in total. The van der Waals surface area contributed by atoms with Crippen molar-refractivity contribution in [1.82, 2.24) is 28.9 Å². The van der Waals surface area contributed by atoms with E-state index in [9.17, 15) is 19.8 Å². The molecule has 4 aromatic rings. The van der Waals surface area contributed by atoms with Crippen LogP contribution in [-0.4, -0.2) is 82.6 Å². The van der Waals surface area contributed by atoms with Crippen molar-refractivity contribution in [2.45, 2.75) is 84.0 Å². The Morgan fingerprint density at radius 1 is 1.18 bits per heavy atom. The first-order chi connectivity index (χ1) is 21.4. The smallest absolute Gasteiger partial charge is 0.416 e. The van der Waals surface area contributed by atoms with Crippen molar-refractivity contribution < 1.29 is 24.5 Å². The van der Waals surface area contributed by atoms with Crippen LogP contribution >= 0.6 is 0 Å². The van der Waals surface area contributed by atoms with Crippen LogP contribution in [0.2, 0.25) is 0 Å². The van der Waals surface area contributed by atoms with Gasteiger partial charge in [-0.15, -0.1) is 0 Å². The number of piperidine rings is 1. The Morgan fingerprint density at radius 3 is 2.62 bits per heavy atom. The summed E-state index contributed by atoms with van der Waals surface area (Å²) < 4.78 is 9.73. The molecule has 0 radical (unpaired) electrons. The van der Waals surface area contributed by atoms with E-state index >= 15 is 0 Å². The summed E-state index contributed by atoms with van der Waals surface area (Å²) in [5.74, 6) is 1.32. The number of aromatic nitrogens is 5. The number of ether oxygens (including phenoxy) is 1. The molecule has 0 spiro atoms. The van der Waals surface area contributed by atoms with Gasteiger partial charge in [0, 0.05) is 42.8 Å². The summed E-state index contributed by atoms with van der Waals surface area (Å²) in [5.41, 5.74) is 3.53. The van der Waals surface area contributed by atoms with Gasteiger partial charge in [-0.25, -0.2) is 19.6 Å². The van der Waals surface area contributed by atoms with Gasteiger partial charge in [-0.2, -0.15) is 9.61 Å². The highest BCUT2D eigenvalue weighted by Crippen LogP contribution is 2.42. The summed E-state index contributed by atoms with van der Waals surface area (Å²) in [7, 11) is 0. The van der Waals surface area contributed by atoms with Gasteiger partial charge >= 0.3 is 12.2 Å². The van der Waals surface area contributed by atoms with Crippen molar-refractivity contribution in [2.24, 2.45) is 5.92 Å². The third kappa shape index (κ3) is 6.39. The Labute approximate surface area is 261 Å². The number of carbonyl (C=O) groups is 2. The predicted octanol–water partition coefficient (Wildman–Crippen LogP) is 5.09. The van der Waals surface area contributed by atoms with E-state index in [4.69, 9.17) is 14.7 Å². The topological polar surface area (TPSA) is 150 Å². The lowest BCUT2D eigenvalue weighted by atomic mass is 9.94. The molecule has 2 fully saturated rings. The zero-order chi connectivity index (χ0) is 32.0. The molecule has 6 rings (SSSR count). The predicted molar refractivity (Wildman–Crippen MR) is 169 cm³/mol. The highest BCUT2D eigenvalue weighted by molar-refractivity contribution is 5.88. The van der Waals surface area contributed by atoms with Gasteiger partial charge in [-0.1, -0.05) is 19.9 Å². The number of amides is 2. The van der Waals surface area contributed by atoms with Crippen molar-refractivity contribution in [3.8, 4) is 0 Å². The van der Waals surface area contributed by atoms with E-state index in [-0.39, 0.29) is 24.9 Å². The number of likely N-dealkylation sites (tertiary alicyclic amines) is 1. The van der Waals surface area contributed by atoms with Crippen LogP contribution in [0.15, 0.2) is 36.7 Å². The van der Waals surface area contributed by atoms with Crippen LogP contribution in [0, 0.1) is 5.92 Å². The number of nitrogens with one attached hydrogen (secondary N) is 1. The van der Waals surface area contributed by atoms with E-state index in [2.05, 4.69) is 28.7 Å². The van der Waals surface area contributed by atoms with Gasteiger partial charge in [0.1, 0.15) is 22.9 Å². The maximum Gasteiger partial charge on any atom is 0.416 e. The number of hydrogen-bond donors (Lipinski definition) is 3. The second kappa shape index (κ2) is 11.8. The lowest BCUT2D eigenvalue weighted by Crippen LogP contribution is -2.47. The maximum atomic E-state index is 14.0. The van der Waals surface area contributed by atoms with Crippen LogP contribution in [-0.2, 0) is 11.3 Å². The van der Waals surface area contributed by atoms with Crippen LogP contribution in [0.5, 0.6) is 0 Å². The minimum atomic E-state index is -1.03. The molecular formula is C32H42N8O5. The van der Waals surface area contributed by atoms with Crippen molar-refractivity contribution in [1.29, 1.82) is 0 Å². The first-order valence-electron chi connectivity index (χ1n) is 15.6. The third-order valence-electron chi connectivity index (χ3n) is 8.45. The van der Waals surface area contributed by atoms with E-state index in [0.717, 1.165) is 35.4 Å². The van der Waals surface area contributed by atoms with E-state index in [1.807, 2.05) is 45.2 Å². The summed E-state index contributed by atoms with van der Waals surface area (Å²) >= 11 is 0. The molecule has 1 saturated heterocycles. The third-order valence-corrected chi connectivity index (χ3v) is 8.45. The quantitative estimate of drug-likeness (QED) is 0.245. The molecule has 5 heterocycles. The largest absolute Gasteiger partial charge is 0.465 e. The number of carboxylic acid groups (broad SMARTS) is 1. The fourth-order valence-electron chi connectivity index (χ4n) is 5.96. The van der Waals surface area contributed by atoms with Gasteiger partial charge in [0.05, 0.1) is 36.8 Å². The molecule has 2 aliphatic rings. The average Bonchev–Trinajstić information content (AvgIpc) is 3.60. The molecule has 0 aromatic carbocycles. The Hall–Kier alpha value is -4.39. The Bertz CT molecular complexity index is 1720. The van der Waals surface area contributed by atoms with E-state index in [0.29, 0.717) is 42.7 Å². The molecule has 1 aliphatic carbocycles. The Balaban J connectivity index is 1.40. The number of nitrogens with zero attached hydrogens (tertiary/aromatic N) is 7. The molecule has 2 atom stereocenters. The zero-order valence-corrected chi connectivity index (χ0v) is 26.5. The van der Waals surface area contributed by atoms with Crippen LogP contribution in [0.3, 0.4) is 0 Å². The SMILES string of the molecule is CC(C)c1cnn2c(N(Cc3nc4ccccn4c3C3CC3)C(=O)OC(C)(C)C)cc(NC[C@H]3CCN(C(=O)O)C[C@@H]3O)nc12.